The van der Waals surface area contributed by atoms with E-state index in [1.54, 1.807) is 6.20 Å². The van der Waals surface area contributed by atoms with Crippen LogP contribution in [0.5, 0.6) is 5.88 Å². The zero-order chi connectivity index (χ0) is 9.10. The molecule has 0 spiro atoms. The molecule has 1 fully saturated rings. The van der Waals surface area contributed by atoms with Crippen molar-refractivity contribution in [2.45, 2.75) is 12.5 Å². The molecule has 78 valence electrons. The Labute approximate surface area is 97.8 Å². The number of halogens is 2. The van der Waals surface area contributed by atoms with Gasteiger partial charge in [-0.3, -0.25) is 0 Å². The molecule has 1 saturated heterocycles. The molecule has 14 heavy (non-hydrogen) atoms. The summed E-state index contributed by atoms with van der Waals surface area (Å²) >= 11 is 3.33. The first-order chi connectivity index (χ1) is 6.34. The van der Waals surface area contributed by atoms with Gasteiger partial charge in [0, 0.05) is 23.3 Å². The van der Waals surface area contributed by atoms with E-state index in [-0.39, 0.29) is 18.5 Å². The average molecular weight is 280 g/mol. The predicted octanol–water partition coefficient (Wildman–Crippen LogP) is 2.01. The van der Waals surface area contributed by atoms with Crippen molar-refractivity contribution in [2.75, 3.05) is 13.1 Å². The first-order valence-corrected chi connectivity index (χ1v) is 5.13. The van der Waals surface area contributed by atoms with Crippen molar-refractivity contribution in [3.05, 3.63) is 22.8 Å². The summed E-state index contributed by atoms with van der Waals surface area (Å²) < 4.78 is 6.61. The molecule has 1 aromatic rings. The highest BCUT2D eigenvalue weighted by atomic mass is 79.9. The van der Waals surface area contributed by atoms with Gasteiger partial charge in [-0.05, 0) is 35.0 Å². The van der Waals surface area contributed by atoms with E-state index in [1.807, 2.05) is 12.1 Å². The fourth-order valence-electron chi connectivity index (χ4n) is 1.33. The second-order valence-corrected chi connectivity index (χ2v) is 3.96. The van der Waals surface area contributed by atoms with E-state index in [4.69, 9.17) is 4.74 Å². The maximum Gasteiger partial charge on any atom is 0.213 e. The largest absolute Gasteiger partial charge is 0.473 e. The minimum atomic E-state index is 0. The van der Waals surface area contributed by atoms with Crippen molar-refractivity contribution in [3.8, 4) is 5.88 Å². The number of aromatic nitrogens is 1. The average Bonchev–Trinajstić information content (AvgIpc) is 2.62. The summed E-state index contributed by atoms with van der Waals surface area (Å²) in [6, 6.07) is 3.81. The van der Waals surface area contributed by atoms with Crippen LogP contribution < -0.4 is 10.1 Å². The first kappa shape index (κ1) is 11.8. The van der Waals surface area contributed by atoms with Crippen LogP contribution in [-0.2, 0) is 0 Å². The van der Waals surface area contributed by atoms with Crippen molar-refractivity contribution in [1.29, 1.82) is 0 Å². The van der Waals surface area contributed by atoms with E-state index >= 15 is 0 Å². The van der Waals surface area contributed by atoms with Crippen molar-refractivity contribution in [2.24, 2.45) is 0 Å². The van der Waals surface area contributed by atoms with Crippen molar-refractivity contribution < 1.29 is 4.74 Å². The second kappa shape index (κ2) is 5.53. The van der Waals surface area contributed by atoms with E-state index in [0.717, 1.165) is 24.0 Å². The molecule has 0 bridgehead atoms. The van der Waals surface area contributed by atoms with Crippen molar-refractivity contribution in [1.82, 2.24) is 10.3 Å². The Morgan fingerprint density at radius 3 is 2.93 bits per heavy atom. The Morgan fingerprint density at radius 2 is 2.36 bits per heavy atom. The number of hydrogen-bond acceptors (Lipinski definition) is 3. The zero-order valence-electron chi connectivity index (χ0n) is 7.57. The highest BCUT2D eigenvalue weighted by molar-refractivity contribution is 9.10. The maximum absolute atomic E-state index is 5.64. The second-order valence-electron chi connectivity index (χ2n) is 3.05. The van der Waals surface area contributed by atoms with Gasteiger partial charge in [-0.25, -0.2) is 4.98 Å². The van der Waals surface area contributed by atoms with Crippen LogP contribution in [0.1, 0.15) is 6.42 Å². The molecule has 1 aromatic heterocycles. The molecule has 1 atom stereocenters. The lowest BCUT2D eigenvalue weighted by Crippen LogP contribution is -2.19. The standard InChI is InChI=1S/C9H11BrN2O.ClH/c10-7-1-2-9(12-5-7)13-8-3-4-11-6-8;/h1-2,5,8,11H,3-4,6H2;1H/t8-;/m1./s1. The summed E-state index contributed by atoms with van der Waals surface area (Å²) in [5.41, 5.74) is 0. The molecule has 2 heterocycles. The molecule has 0 radical (unpaired) electrons. The van der Waals surface area contributed by atoms with Crippen LogP contribution in [0.4, 0.5) is 0 Å². The van der Waals surface area contributed by atoms with Gasteiger partial charge in [0.05, 0.1) is 0 Å². The molecule has 1 aliphatic rings. The summed E-state index contributed by atoms with van der Waals surface area (Å²) in [6.45, 7) is 1.97. The number of pyridine rings is 1. The molecule has 2 rings (SSSR count). The minimum absolute atomic E-state index is 0. The highest BCUT2D eigenvalue weighted by Gasteiger charge is 2.15. The van der Waals surface area contributed by atoms with Crippen LogP contribution in [0.25, 0.3) is 0 Å². The Morgan fingerprint density at radius 1 is 1.50 bits per heavy atom. The summed E-state index contributed by atoms with van der Waals surface area (Å²) in [7, 11) is 0. The van der Waals surface area contributed by atoms with Crippen LogP contribution in [0, 0.1) is 0 Å². The lowest BCUT2D eigenvalue weighted by atomic mass is 10.3. The molecular formula is C9H12BrClN2O. The molecule has 0 saturated carbocycles. The summed E-state index contributed by atoms with van der Waals surface area (Å²) in [6.07, 6.45) is 3.10. The van der Waals surface area contributed by atoms with Crippen LogP contribution in [0.3, 0.4) is 0 Å². The summed E-state index contributed by atoms with van der Waals surface area (Å²) in [5, 5.41) is 3.24. The van der Waals surface area contributed by atoms with Crippen molar-refractivity contribution in [3.63, 3.8) is 0 Å². The fraction of sp³-hybridized carbons (Fsp3) is 0.444. The van der Waals surface area contributed by atoms with Gasteiger partial charge in [0.1, 0.15) is 6.10 Å². The van der Waals surface area contributed by atoms with Gasteiger partial charge in [-0.2, -0.15) is 0 Å². The SMILES string of the molecule is Brc1ccc(O[C@@H]2CCNC2)nc1.Cl. The third-order valence-electron chi connectivity index (χ3n) is 2.00. The zero-order valence-corrected chi connectivity index (χ0v) is 9.97. The van der Waals surface area contributed by atoms with Crippen molar-refractivity contribution >= 4 is 28.3 Å². The third kappa shape index (κ3) is 3.12. The van der Waals surface area contributed by atoms with Crippen LogP contribution in [0.15, 0.2) is 22.8 Å². The maximum atomic E-state index is 5.64. The normalized spacial score (nSPS) is 20.2. The van der Waals surface area contributed by atoms with Gasteiger partial charge in [-0.1, -0.05) is 0 Å². The quantitative estimate of drug-likeness (QED) is 0.899. The van der Waals surface area contributed by atoms with Gasteiger partial charge >= 0.3 is 0 Å². The summed E-state index contributed by atoms with van der Waals surface area (Å²) in [5.74, 6) is 0.705. The lowest BCUT2D eigenvalue weighted by molar-refractivity contribution is 0.214. The van der Waals surface area contributed by atoms with Gasteiger partial charge in [0.2, 0.25) is 5.88 Å². The smallest absolute Gasteiger partial charge is 0.213 e. The fourth-order valence-corrected chi connectivity index (χ4v) is 1.57. The molecule has 0 aliphatic carbocycles. The number of nitrogens with zero attached hydrogens (tertiary/aromatic N) is 1. The molecule has 1 aliphatic heterocycles. The Balaban J connectivity index is 0.000000980. The van der Waals surface area contributed by atoms with Gasteiger partial charge < -0.3 is 10.1 Å². The van der Waals surface area contributed by atoms with Gasteiger partial charge in [0.25, 0.3) is 0 Å². The summed E-state index contributed by atoms with van der Waals surface area (Å²) in [4.78, 5) is 4.14. The van der Waals surface area contributed by atoms with E-state index in [0.29, 0.717) is 5.88 Å². The molecule has 0 amide bonds. The van der Waals surface area contributed by atoms with E-state index in [9.17, 15) is 0 Å². The van der Waals surface area contributed by atoms with Gasteiger partial charge in [0.15, 0.2) is 0 Å². The van der Waals surface area contributed by atoms with Gasteiger partial charge in [-0.15, -0.1) is 12.4 Å². The van der Waals surface area contributed by atoms with Crippen LogP contribution in [-0.4, -0.2) is 24.2 Å². The van der Waals surface area contributed by atoms with E-state index in [2.05, 4.69) is 26.2 Å². The molecular weight excluding hydrogens is 267 g/mol. The number of ether oxygens (including phenoxy) is 1. The topological polar surface area (TPSA) is 34.1 Å². The number of nitrogens with one attached hydrogen (secondary N) is 1. The van der Waals surface area contributed by atoms with E-state index < -0.39 is 0 Å². The van der Waals surface area contributed by atoms with Crippen LogP contribution in [0.2, 0.25) is 0 Å². The Bertz CT molecular complexity index is 275. The predicted molar refractivity (Wildman–Crippen MR) is 61.1 cm³/mol. The lowest BCUT2D eigenvalue weighted by Gasteiger charge is -2.10. The monoisotopic (exact) mass is 278 g/mol. The molecule has 1 N–H and O–H groups in total. The molecule has 0 unspecified atom stereocenters. The third-order valence-corrected chi connectivity index (χ3v) is 2.47. The number of hydrogen-bond donors (Lipinski definition) is 1. The highest BCUT2D eigenvalue weighted by Crippen LogP contribution is 2.15. The van der Waals surface area contributed by atoms with Crippen LogP contribution >= 0.6 is 28.3 Å². The minimum Gasteiger partial charge on any atom is -0.473 e. The molecule has 5 heteroatoms. The molecule has 0 aromatic carbocycles. The number of rotatable bonds is 2. The van der Waals surface area contributed by atoms with E-state index in [1.165, 1.54) is 0 Å². The first-order valence-electron chi connectivity index (χ1n) is 4.33. The molecule has 3 nitrogen and oxygen atoms in total. The Hall–Kier alpha value is -0.320. The Kier molecular flexibility index (Phi) is 4.65.